The molecule has 2 aromatic heterocycles. The summed E-state index contributed by atoms with van der Waals surface area (Å²) in [5.74, 6) is 0.745. The van der Waals surface area contributed by atoms with Crippen LogP contribution in [0.2, 0.25) is 0 Å². The van der Waals surface area contributed by atoms with Crippen molar-refractivity contribution in [2.24, 2.45) is 0 Å². The van der Waals surface area contributed by atoms with Crippen LogP contribution in [0.1, 0.15) is 24.1 Å². The first-order valence-corrected chi connectivity index (χ1v) is 8.41. The maximum absolute atomic E-state index is 12.0. The van der Waals surface area contributed by atoms with Gasteiger partial charge in [0.2, 0.25) is 0 Å². The molecule has 3 rings (SSSR count). The van der Waals surface area contributed by atoms with Crippen molar-refractivity contribution in [3.05, 3.63) is 17.6 Å². The zero-order valence-electron chi connectivity index (χ0n) is 11.6. The van der Waals surface area contributed by atoms with Gasteiger partial charge >= 0.3 is 0 Å². The van der Waals surface area contributed by atoms with Crippen LogP contribution in [-0.2, 0) is 16.4 Å². The first-order valence-electron chi connectivity index (χ1n) is 6.69. The SMILES string of the molecule is Cc1c(C)n(CC2CCCS2(=O)=O)c2ncnc(N)c12. The molecule has 0 aromatic carbocycles. The number of aromatic nitrogens is 3. The first-order chi connectivity index (χ1) is 9.42. The Balaban J connectivity index is 2.13. The lowest BCUT2D eigenvalue weighted by Crippen LogP contribution is -2.23. The number of nitrogen functional groups attached to an aromatic ring is 1. The Bertz CT molecular complexity index is 779. The van der Waals surface area contributed by atoms with Crippen LogP contribution >= 0.6 is 0 Å². The zero-order chi connectivity index (χ0) is 14.5. The summed E-state index contributed by atoms with van der Waals surface area (Å²) in [6.07, 6.45) is 2.90. The quantitative estimate of drug-likeness (QED) is 0.899. The van der Waals surface area contributed by atoms with Crippen molar-refractivity contribution in [3.8, 4) is 0 Å². The Kier molecular flexibility index (Phi) is 2.97. The van der Waals surface area contributed by atoms with Gasteiger partial charge in [-0.15, -0.1) is 0 Å². The molecule has 1 unspecified atom stereocenters. The molecule has 2 aromatic rings. The lowest BCUT2D eigenvalue weighted by molar-refractivity contribution is 0.566. The molecular weight excluding hydrogens is 276 g/mol. The maximum atomic E-state index is 12.0. The molecule has 1 atom stereocenters. The van der Waals surface area contributed by atoms with E-state index in [0.29, 0.717) is 18.1 Å². The summed E-state index contributed by atoms with van der Waals surface area (Å²) in [6.45, 7) is 4.39. The molecule has 1 aliphatic rings. The van der Waals surface area contributed by atoms with Crippen LogP contribution < -0.4 is 5.73 Å². The van der Waals surface area contributed by atoms with Gasteiger partial charge in [-0.2, -0.15) is 0 Å². The molecule has 1 fully saturated rings. The largest absolute Gasteiger partial charge is 0.383 e. The van der Waals surface area contributed by atoms with E-state index in [-0.39, 0.29) is 5.25 Å². The van der Waals surface area contributed by atoms with Gasteiger partial charge in [-0.1, -0.05) is 0 Å². The van der Waals surface area contributed by atoms with Crippen molar-refractivity contribution < 1.29 is 8.42 Å². The summed E-state index contributed by atoms with van der Waals surface area (Å²) >= 11 is 0. The Morgan fingerprint density at radius 2 is 2.15 bits per heavy atom. The van der Waals surface area contributed by atoms with Crippen molar-refractivity contribution in [2.75, 3.05) is 11.5 Å². The van der Waals surface area contributed by atoms with Gasteiger partial charge in [0, 0.05) is 12.2 Å². The van der Waals surface area contributed by atoms with E-state index >= 15 is 0 Å². The number of fused-ring (bicyclic) bond motifs is 1. The van der Waals surface area contributed by atoms with Crippen molar-refractivity contribution >= 4 is 26.7 Å². The number of nitrogens with two attached hydrogens (primary N) is 1. The third-order valence-corrected chi connectivity index (χ3v) is 6.54. The van der Waals surface area contributed by atoms with E-state index in [0.717, 1.165) is 35.1 Å². The predicted molar refractivity (Wildman–Crippen MR) is 78.2 cm³/mol. The molecule has 0 amide bonds. The number of aryl methyl sites for hydroxylation is 1. The maximum Gasteiger partial charge on any atom is 0.154 e. The van der Waals surface area contributed by atoms with E-state index in [1.54, 1.807) is 0 Å². The minimum atomic E-state index is -2.97. The molecule has 0 spiro atoms. The van der Waals surface area contributed by atoms with Crippen LogP contribution in [-0.4, -0.2) is 34.0 Å². The van der Waals surface area contributed by atoms with Gasteiger partial charge < -0.3 is 10.3 Å². The minimum Gasteiger partial charge on any atom is -0.383 e. The van der Waals surface area contributed by atoms with Gasteiger partial charge in [0.25, 0.3) is 0 Å². The highest BCUT2D eigenvalue weighted by Gasteiger charge is 2.32. The zero-order valence-corrected chi connectivity index (χ0v) is 12.4. The number of rotatable bonds is 2. The molecule has 1 aliphatic heterocycles. The van der Waals surface area contributed by atoms with Gasteiger partial charge in [0.05, 0.1) is 16.4 Å². The minimum absolute atomic E-state index is 0.298. The monoisotopic (exact) mass is 294 g/mol. The number of hydrogen-bond acceptors (Lipinski definition) is 5. The third-order valence-electron chi connectivity index (χ3n) is 4.28. The van der Waals surface area contributed by atoms with Crippen molar-refractivity contribution in [1.82, 2.24) is 14.5 Å². The summed E-state index contributed by atoms with van der Waals surface area (Å²) in [5.41, 5.74) is 8.68. The average Bonchev–Trinajstić information content (AvgIpc) is 2.84. The smallest absolute Gasteiger partial charge is 0.154 e. The normalized spacial score (nSPS) is 21.6. The first kappa shape index (κ1) is 13.4. The topological polar surface area (TPSA) is 90.9 Å². The molecule has 0 radical (unpaired) electrons. The van der Waals surface area contributed by atoms with Crippen LogP contribution in [0.4, 0.5) is 5.82 Å². The Morgan fingerprint density at radius 1 is 1.40 bits per heavy atom. The van der Waals surface area contributed by atoms with Gasteiger partial charge in [0.1, 0.15) is 17.8 Å². The second kappa shape index (κ2) is 4.44. The fraction of sp³-hybridized carbons (Fsp3) is 0.538. The van der Waals surface area contributed by atoms with E-state index in [4.69, 9.17) is 5.73 Å². The van der Waals surface area contributed by atoms with Gasteiger partial charge in [-0.3, -0.25) is 0 Å². The molecule has 20 heavy (non-hydrogen) atoms. The van der Waals surface area contributed by atoms with Crippen molar-refractivity contribution in [1.29, 1.82) is 0 Å². The number of hydrogen-bond donors (Lipinski definition) is 1. The summed E-state index contributed by atoms with van der Waals surface area (Å²) in [5, 5.41) is 0.521. The lowest BCUT2D eigenvalue weighted by atomic mass is 10.2. The predicted octanol–water partition coefficient (Wildman–Crippen LogP) is 1.21. The molecule has 3 heterocycles. The molecule has 108 valence electrons. The van der Waals surface area contributed by atoms with Gasteiger partial charge in [-0.25, -0.2) is 18.4 Å². The number of nitrogens with zero attached hydrogens (tertiary/aromatic N) is 3. The Labute approximate surface area is 117 Å². The van der Waals surface area contributed by atoms with Gasteiger partial charge in [-0.05, 0) is 32.3 Å². The molecule has 0 bridgehead atoms. The molecule has 0 saturated carbocycles. The lowest BCUT2D eigenvalue weighted by Gasteiger charge is -2.13. The van der Waals surface area contributed by atoms with Gasteiger partial charge in [0.15, 0.2) is 9.84 Å². The fourth-order valence-electron chi connectivity index (χ4n) is 2.99. The highest BCUT2D eigenvalue weighted by molar-refractivity contribution is 7.92. The fourth-order valence-corrected chi connectivity index (χ4v) is 4.79. The number of anilines is 1. The highest BCUT2D eigenvalue weighted by Crippen LogP contribution is 2.29. The molecular formula is C13H18N4O2S. The summed E-state index contributed by atoms with van der Waals surface area (Å²) < 4.78 is 26.0. The summed E-state index contributed by atoms with van der Waals surface area (Å²) in [7, 11) is -2.97. The van der Waals surface area contributed by atoms with Crippen molar-refractivity contribution in [2.45, 2.75) is 38.5 Å². The summed E-state index contributed by atoms with van der Waals surface area (Å²) in [6, 6.07) is 0. The third kappa shape index (κ3) is 1.88. The van der Waals surface area contributed by atoms with E-state index in [9.17, 15) is 8.42 Å². The molecule has 2 N–H and O–H groups in total. The molecule has 6 nitrogen and oxygen atoms in total. The van der Waals surface area contributed by atoms with E-state index in [2.05, 4.69) is 9.97 Å². The van der Waals surface area contributed by atoms with E-state index in [1.807, 2.05) is 18.4 Å². The standard InChI is InChI=1S/C13H18N4O2S/c1-8-9(2)17(6-10-4-3-5-20(10,18)19)13-11(8)12(14)15-7-16-13/h7,10H,3-6H2,1-2H3,(H2,14,15,16). The molecule has 0 aliphatic carbocycles. The highest BCUT2D eigenvalue weighted by atomic mass is 32.2. The molecule has 7 heteroatoms. The second-order valence-electron chi connectivity index (χ2n) is 5.41. The van der Waals surface area contributed by atoms with Crippen LogP contribution in [0, 0.1) is 13.8 Å². The van der Waals surface area contributed by atoms with Crippen LogP contribution in [0.3, 0.4) is 0 Å². The Morgan fingerprint density at radius 3 is 2.80 bits per heavy atom. The van der Waals surface area contributed by atoms with E-state index < -0.39 is 9.84 Å². The molecule has 1 saturated heterocycles. The number of sulfone groups is 1. The average molecular weight is 294 g/mol. The van der Waals surface area contributed by atoms with Crippen LogP contribution in [0.5, 0.6) is 0 Å². The summed E-state index contributed by atoms with van der Waals surface area (Å²) in [4.78, 5) is 8.31. The van der Waals surface area contributed by atoms with Crippen molar-refractivity contribution in [3.63, 3.8) is 0 Å². The van der Waals surface area contributed by atoms with Crippen LogP contribution in [0.15, 0.2) is 6.33 Å². The van der Waals surface area contributed by atoms with Crippen LogP contribution in [0.25, 0.3) is 11.0 Å². The Hall–Kier alpha value is -1.63. The second-order valence-corrected chi connectivity index (χ2v) is 7.81. The van der Waals surface area contributed by atoms with E-state index in [1.165, 1.54) is 6.33 Å².